The summed E-state index contributed by atoms with van der Waals surface area (Å²) < 4.78 is 10.3. The number of para-hydroxylation sites is 2. The van der Waals surface area contributed by atoms with E-state index in [0.29, 0.717) is 29.3 Å². The summed E-state index contributed by atoms with van der Waals surface area (Å²) in [5.74, 6) is 0.788. The van der Waals surface area contributed by atoms with E-state index in [0.717, 1.165) is 6.42 Å². The van der Waals surface area contributed by atoms with Crippen LogP contribution < -0.4 is 14.8 Å². The van der Waals surface area contributed by atoms with E-state index in [1.807, 2.05) is 19.1 Å². The number of nitrogens with zero attached hydrogens (tertiary/aromatic N) is 1. The molecule has 2 rings (SSSR count). The molecule has 26 heavy (non-hydrogen) atoms. The Kier molecular flexibility index (Phi) is 7.02. The number of ether oxygens (including phenoxy) is 2. The van der Waals surface area contributed by atoms with Gasteiger partial charge in [0.05, 0.1) is 19.9 Å². The van der Waals surface area contributed by atoms with Crippen LogP contribution in [-0.2, 0) is 4.79 Å². The van der Waals surface area contributed by atoms with Crippen molar-refractivity contribution in [3.63, 3.8) is 0 Å². The molecule has 2 amide bonds. The van der Waals surface area contributed by atoms with E-state index < -0.39 is 0 Å². The van der Waals surface area contributed by atoms with Gasteiger partial charge in [-0.2, -0.15) is 0 Å². The lowest BCUT2D eigenvalue weighted by molar-refractivity contribution is -0.116. The van der Waals surface area contributed by atoms with Crippen LogP contribution in [0.1, 0.15) is 23.7 Å². The second-order valence-electron chi connectivity index (χ2n) is 5.70. The lowest BCUT2D eigenvalue weighted by atomic mass is 10.2. The molecule has 0 fully saturated rings. The zero-order chi connectivity index (χ0) is 18.9. The Morgan fingerprint density at radius 3 is 2.31 bits per heavy atom. The number of carbonyl (C=O) groups is 2. The summed E-state index contributed by atoms with van der Waals surface area (Å²) in [6.07, 6.45) is 0.754. The maximum absolute atomic E-state index is 12.7. The average Bonchev–Trinajstić information content (AvgIpc) is 2.67. The maximum Gasteiger partial charge on any atom is 0.254 e. The highest BCUT2D eigenvalue weighted by Crippen LogP contribution is 2.23. The van der Waals surface area contributed by atoms with Crippen LogP contribution in [0.15, 0.2) is 48.5 Å². The van der Waals surface area contributed by atoms with Crippen LogP contribution in [-0.4, -0.2) is 44.0 Å². The zero-order valence-electron chi connectivity index (χ0n) is 15.3. The van der Waals surface area contributed by atoms with Crippen LogP contribution in [0.2, 0.25) is 0 Å². The number of nitrogens with one attached hydrogen (secondary N) is 1. The molecule has 1 N–H and O–H groups in total. The summed E-state index contributed by atoms with van der Waals surface area (Å²) in [7, 11) is 3.12. The predicted octanol–water partition coefficient (Wildman–Crippen LogP) is 3.19. The summed E-state index contributed by atoms with van der Waals surface area (Å²) in [4.78, 5) is 26.7. The quantitative estimate of drug-likeness (QED) is 0.789. The maximum atomic E-state index is 12.7. The third-order valence-corrected chi connectivity index (χ3v) is 3.83. The highest BCUT2D eigenvalue weighted by molar-refractivity contribution is 5.99. The molecule has 0 saturated heterocycles. The Hall–Kier alpha value is -3.02. The smallest absolute Gasteiger partial charge is 0.254 e. The normalized spacial score (nSPS) is 10.1. The minimum Gasteiger partial charge on any atom is -0.497 e. The van der Waals surface area contributed by atoms with Crippen LogP contribution in [0.25, 0.3) is 0 Å². The van der Waals surface area contributed by atoms with Gasteiger partial charge in [0.15, 0.2) is 0 Å². The van der Waals surface area contributed by atoms with E-state index in [4.69, 9.17) is 9.47 Å². The zero-order valence-corrected chi connectivity index (χ0v) is 15.3. The number of rotatable bonds is 8. The van der Waals surface area contributed by atoms with E-state index >= 15 is 0 Å². The van der Waals surface area contributed by atoms with Crippen molar-refractivity contribution < 1.29 is 19.1 Å². The van der Waals surface area contributed by atoms with Crippen molar-refractivity contribution in [1.29, 1.82) is 0 Å². The molecule has 2 aromatic rings. The summed E-state index contributed by atoms with van der Waals surface area (Å²) in [6, 6.07) is 14.0. The lowest BCUT2D eigenvalue weighted by Crippen LogP contribution is -2.38. The van der Waals surface area contributed by atoms with E-state index in [1.54, 1.807) is 50.6 Å². The molecule has 0 saturated carbocycles. The number of amides is 2. The van der Waals surface area contributed by atoms with E-state index in [9.17, 15) is 9.59 Å². The SMILES string of the molecule is CCCN(CC(=O)Nc1ccccc1OC)C(=O)c1ccc(OC)cc1. The molecule has 6 heteroatoms. The van der Waals surface area contributed by atoms with Gasteiger partial charge in [-0.3, -0.25) is 9.59 Å². The van der Waals surface area contributed by atoms with Crippen molar-refractivity contribution in [1.82, 2.24) is 4.90 Å². The molecule has 2 aromatic carbocycles. The van der Waals surface area contributed by atoms with Gasteiger partial charge < -0.3 is 19.7 Å². The minimum atomic E-state index is -0.273. The average molecular weight is 356 g/mol. The van der Waals surface area contributed by atoms with Crippen molar-refractivity contribution in [3.8, 4) is 11.5 Å². The van der Waals surface area contributed by atoms with E-state index in [2.05, 4.69) is 5.32 Å². The third-order valence-electron chi connectivity index (χ3n) is 3.83. The molecule has 0 aromatic heterocycles. The molecular formula is C20H24N2O4. The minimum absolute atomic E-state index is 0.0310. The molecule has 0 aliphatic carbocycles. The molecule has 0 aliphatic rings. The fourth-order valence-electron chi connectivity index (χ4n) is 2.55. The van der Waals surface area contributed by atoms with Crippen molar-refractivity contribution in [3.05, 3.63) is 54.1 Å². The molecule has 0 bridgehead atoms. The van der Waals surface area contributed by atoms with Gasteiger partial charge >= 0.3 is 0 Å². The number of anilines is 1. The van der Waals surface area contributed by atoms with Crippen molar-refractivity contribution in [2.24, 2.45) is 0 Å². The fourth-order valence-corrected chi connectivity index (χ4v) is 2.55. The number of carbonyl (C=O) groups excluding carboxylic acids is 2. The molecule has 6 nitrogen and oxygen atoms in total. The van der Waals surface area contributed by atoms with Crippen LogP contribution in [0.4, 0.5) is 5.69 Å². The monoisotopic (exact) mass is 356 g/mol. The van der Waals surface area contributed by atoms with Gasteiger partial charge in [0.1, 0.15) is 18.0 Å². The van der Waals surface area contributed by atoms with Gasteiger partial charge in [0, 0.05) is 12.1 Å². The highest BCUT2D eigenvalue weighted by atomic mass is 16.5. The van der Waals surface area contributed by atoms with Crippen LogP contribution in [0.3, 0.4) is 0 Å². The largest absolute Gasteiger partial charge is 0.497 e. The van der Waals surface area contributed by atoms with E-state index in [-0.39, 0.29) is 18.4 Å². The standard InChI is InChI=1S/C20H24N2O4/c1-4-13-22(20(24)15-9-11-16(25-2)12-10-15)14-19(23)21-17-7-5-6-8-18(17)26-3/h5-12H,4,13-14H2,1-3H3,(H,21,23). The van der Waals surface area contributed by atoms with E-state index in [1.165, 1.54) is 4.90 Å². The topological polar surface area (TPSA) is 67.9 Å². The lowest BCUT2D eigenvalue weighted by Gasteiger charge is -2.22. The second-order valence-corrected chi connectivity index (χ2v) is 5.70. The summed E-state index contributed by atoms with van der Waals surface area (Å²) in [5, 5.41) is 2.80. The molecule has 138 valence electrons. The first-order valence-electron chi connectivity index (χ1n) is 8.45. The summed E-state index contributed by atoms with van der Waals surface area (Å²) >= 11 is 0. The first-order valence-corrected chi connectivity index (χ1v) is 8.45. The molecule has 0 atom stereocenters. The summed E-state index contributed by atoms with van der Waals surface area (Å²) in [6.45, 7) is 2.42. The fraction of sp³-hybridized carbons (Fsp3) is 0.300. The van der Waals surface area contributed by atoms with Crippen molar-refractivity contribution in [2.45, 2.75) is 13.3 Å². The number of methoxy groups -OCH3 is 2. The van der Waals surface area contributed by atoms with Gasteiger partial charge in [0.25, 0.3) is 5.91 Å². The van der Waals surface area contributed by atoms with Crippen molar-refractivity contribution >= 4 is 17.5 Å². The molecule has 0 aliphatic heterocycles. The van der Waals surface area contributed by atoms with Crippen LogP contribution in [0.5, 0.6) is 11.5 Å². The van der Waals surface area contributed by atoms with Crippen LogP contribution in [0, 0.1) is 0 Å². The third kappa shape index (κ3) is 4.99. The molecule has 0 spiro atoms. The Labute approximate surface area is 153 Å². The Morgan fingerprint density at radius 2 is 1.69 bits per heavy atom. The van der Waals surface area contributed by atoms with Gasteiger partial charge in [0.2, 0.25) is 5.91 Å². The number of benzene rings is 2. The molecule has 0 radical (unpaired) electrons. The summed E-state index contributed by atoms with van der Waals surface area (Å²) in [5.41, 5.74) is 1.10. The second kappa shape index (κ2) is 9.46. The Morgan fingerprint density at radius 1 is 1.00 bits per heavy atom. The number of hydrogen-bond donors (Lipinski definition) is 1. The first kappa shape index (κ1) is 19.3. The van der Waals surface area contributed by atoms with Gasteiger partial charge in [-0.05, 0) is 42.8 Å². The first-order chi connectivity index (χ1) is 12.6. The highest BCUT2D eigenvalue weighted by Gasteiger charge is 2.19. The van der Waals surface area contributed by atoms with Gasteiger partial charge in [-0.25, -0.2) is 0 Å². The molecule has 0 heterocycles. The Balaban J connectivity index is 2.08. The van der Waals surface area contributed by atoms with Crippen molar-refractivity contribution in [2.75, 3.05) is 32.6 Å². The molecule has 0 unspecified atom stereocenters. The van der Waals surface area contributed by atoms with Gasteiger partial charge in [-0.1, -0.05) is 19.1 Å². The predicted molar refractivity (Wildman–Crippen MR) is 101 cm³/mol. The Bertz CT molecular complexity index is 744. The molecular weight excluding hydrogens is 332 g/mol. The van der Waals surface area contributed by atoms with Gasteiger partial charge in [-0.15, -0.1) is 0 Å². The number of hydrogen-bond acceptors (Lipinski definition) is 4. The van der Waals surface area contributed by atoms with Crippen LogP contribution >= 0.6 is 0 Å².